The molecule has 0 fully saturated rings. The number of hydrogen-bond donors (Lipinski definition) is 1. The van der Waals surface area contributed by atoms with Crippen LogP contribution in [-0.4, -0.2) is 18.2 Å². The molecule has 0 unspecified atom stereocenters. The summed E-state index contributed by atoms with van der Waals surface area (Å²) in [6.45, 7) is 9.59. The van der Waals surface area contributed by atoms with E-state index in [4.69, 9.17) is 0 Å². The largest absolute Gasteiger partial charge is 0.355 e. The maximum atomic E-state index is 11.6. The normalized spacial score (nSPS) is 11.4. The Bertz CT molecular complexity index is 406. The molecule has 0 aromatic heterocycles. The van der Waals surface area contributed by atoms with Crippen molar-refractivity contribution in [1.29, 1.82) is 0 Å². The number of thioether (sulfide) groups is 1. The number of amides is 1. The first-order valence-electron chi connectivity index (χ1n) is 7.37. The fourth-order valence-corrected chi connectivity index (χ4v) is 2.64. The molecular formula is C17H27NOS. The van der Waals surface area contributed by atoms with E-state index in [0.717, 1.165) is 25.1 Å². The zero-order valence-electron chi connectivity index (χ0n) is 13.2. The summed E-state index contributed by atoms with van der Waals surface area (Å²) in [5, 5.41) is 2.94. The monoisotopic (exact) mass is 293 g/mol. The lowest BCUT2D eigenvalue weighted by Gasteiger charge is -2.19. The Hall–Kier alpha value is -0.960. The van der Waals surface area contributed by atoms with Crippen LogP contribution < -0.4 is 5.32 Å². The van der Waals surface area contributed by atoms with Gasteiger partial charge >= 0.3 is 0 Å². The van der Waals surface area contributed by atoms with Crippen molar-refractivity contribution in [1.82, 2.24) is 5.32 Å². The molecule has 1 aromatic rings. The van der Waals surface area contributed by atoms with Crippen molar-refractivity contribution in [3.05, 3.63) is 35.4 Å². The third-order valence-corrected chi connectivity index (χ3v) is 4.18. The number of benzene rings is 1. The summed E-state index contributed by atoms with van der Waals surface area (Å²) >= 11 is 1.67. The van der Waals surface area contributed by atoms with Gasteiger partial charge in [0.2, 0.25) is 5.91 Å². The van der Waals surface area contributed by atoms with Crippen molar-refractivity contribution in [3.63, 3.8) is 0 Å². The third-order valence-electron chi connectivity index (χ3n) is 3.17. The highest BCUT2D eigenvalue weighted by molar-refractivity contribution is 7.99. The summed E-state index contributed by atoms with van der Waals surface area (Å²) in [6.07, 6.45) is 2.18. The van der Waals surface area contributed by atoms with Gasteiger partial charge in [-0.05, 0) is 23.0 Å². The minimum Gasteiger partial charge on any atom is -0.355 e. The lowest BCUT2D eigenvalue weighted by atomic mass is 9.87. The number of nitrogens with one attached hydrogen (secondary N) is 1. The Morgan fingerprint density at radius 1 is 1.20 bits per heavy atom. The molecule has 0 spiro atoms. The van der Waals surface area contributed by atoms with Crippen LogP contribution in [0.5, 0.6) is 0 Å². The van der Waals surface area contributed by atoms with E-state index in [-0.39, 0.29) is 11.3 Å². The van der Waals surface area contributed by atoms with E-state index < -0.39 is 0 Å². The van der Waals surface area contributed by atoms with Gasteiger partial charge in [-0.25, -0.2) is 0 Å². The molecule has 0 saturated heterocycles. The molecule has 20 heavy (non-hydrogen) atoms. The molecule has 1 aromatic carbocycles. The topological polar surface area (TPSA) is 29.1 Å². The van der Waals surface area contributed by atoms with Crippen molar-refractivity contribution < 1.29 is 4.79 Å². The van der Waals surface area contributed by atoms with Crippen LogP contribution in [0, 0.1) is 0 Å². The Labute approximate surface area is 127 Å². The summed E-state index contributed by atoms with van der Waals surface area (Å²) in [5.41, 5.74) is 2.83. The standard InChI is InChI=1S/C17H27NOS/c1-5-6-11-18-16(19)13-20-12-14-7-9-15(10-8-14)17(2,3)4/h7-10H,5-6,11-13H2,1-4H3,(H,18,19). The zero-order valence-corrected chi connectivity index (χ0v) is 14.0. The molecule has 0 radical (unpaired) electrons. The van der Waals surface area contributed by atoms with E-state index in [1.165, 1.54) is 11.1 Å². The lowest BCUT2D eigenvalue weighted by Crippen LogP contribution is -2.26. The molecule has 1 N–H and O–H groups in total. The van der Waals surface area contributed by atoms with Crippen molar-refractivity contribution in [3.8, 4) is 0 Å². The average Bonchev–Trinajstić information content (AvgIpc) is 2.38. The maximum Gasteiger partial charge on any atom is 0.230 e. The Morgan fingerprint density at radius 3 is 2.40 bits per heavy atom. The Balaban J connectivity index is 2.30. The Morgan fingerprint density at radius 2 is 1.85 bits per heavy atom. The predicted octanol–water partition coefficient (Wildman–Crippen LogP) is 4.13. The highest BCUT2D eigenvalue weighted by Gasteiger charge is 2.12. The van der Waals surface area contributed by atoms with Gasteiger partial charge in [-0.3, -0.25) is 4.79 Å². The summed E-state index contributed by atoms with van der Waals surface area (Å²) in [6, 6.07) is 8.72. The summed E-state index contributed by atoms with van der Waals surface area (Å²) in [5.74, 6) is 1.59. The van der Waals surface area contributed by atoms with E-state index in [0.29, 0.717) is 5.75 Å². The molecule has 2 nitrogen and oxygen atoms in total. The van der Waals surface area contributed by atoms with Crippen LogP contribution in [-0.2, 0) is 16.0 Å². The second kappa shape index (κ2) is 8.35. The average molecular weight is 293 g/mol. The van der Waals surface area contributed by atoms with Gasteiger partial charge in [-0.15, -0.1) is 11.8 Å². The third kappa shape index (κ3) is 6.47. The molecule has 0 bridgehead atoms. The second-order valence-corrected chi connectivity index (χ2v) is 7.13. The number of rotatable bonds is 7. The lowest BCUT2D eigenvalue weighted by molar-refractivity contribution is -0.118. The maximum absolute atomic E-state index is 11.6. The molecule has 3 heteroatoms. The van der Waals surface area contributed by atoms with E-state index in [2.05, 4.69) is 57.3 Å². The van der Waals surface area contributed by atoms with Crippen LogP contribution in [0.1, 0.15) is 51.7 Å². The van der Waals surface area contributed by atoms with Crippen LogP contribution in [0.2, 0.25) is 0 Å². The quantitative estimate of drug-likeness (QED) is 0.766. The van der Waals surface area contributed by atoms with E-state index in [1.54, 1.807) is 11.8 Å². The number of unbranched alkanes of at least 4 members (excludes halogenated alkanes) is 1. The first kappa shape index (κ1) is 17.1. The van der Waals surface area contributed by atoms with Gasteiger partial charge in [0.25, 0.3) is 0 Å². The van der Waals surface area contributed by atoms with Crippen LogP contribution >= 0.6 is 11.8 Å². The van der Waals surface area contributed by atoms with E-state index >= 15 is 0 Å². The fraction of sp³-hybridized carbons (Fsp3) is 0.588. The highest BCUT2D eigenvalue weighted by atomic mass is 32.2. The van der Waals surface area contributed by atoms with Crippen molar-refractivity contribution in [2.75, 3.05) is 12.3 Å². The number of carbonyl (C=O) groups excluding carboxylic acids is 1. The van der Waals surface area contributed by atoms with Crippen LogP contribution in [0.4, 0.5) is 0 Å². The molecule has 0 heterocycles. The molecule has 0 atom stereocenters. The highest BCUT2D eigenvalue weighted by Crippen LogP contribution is 2.23. The fourth-order valence-electron chi connectivity index (χ4n) is 1.82. The number of carbonyl (C=O) groups is 1. The van der Waals surface area contributed by atoms with Crippen LogP contribution in [0.3, 0.4) is 0 Å². The van der Waals surface area contributed by atoms with Crippen molar-refractivity contribution >= 4 is 17.7 Å². The SMILES string of the molecule is CCCCNC(=O)CSCc1ccc(C(C)(C)C)cc1. The summed E-state index contributed by atoms with van der Waals surface area (Å²) < 4.78 is 0. The predicted molar refractivity (Wildman–Crippen MR) is 89.2 cm³/mol. The van der Waals surface area contributed by atoms with Crippen LogP contribution in [0.25, 0.3) is 0 Å². The minimum atomic E-state index is 0.148. The summed E-state index contributed by atoms with van der Waals surface area (Å²) in [7, 11) is 0. The van der Waals surface area contributed by atoms with Crippen molar-refractivity contribution in [2.24, 2.45) is 0 Å². The van der Waals surface area contributed by atoms with Gasteiger partial charge in [-0.1, -0.05) is 58.4 Å². The van der Waals surface area contributed by atoms with Gasteiger partial charge in [0, 0.05) is 12.3 Å². The molecule has 1 rings (SSSR count). The summed E-state index contributed by atoms with van der Waals surface area (Å²) in [4.78, 5) is 11.6. The molecule has 112 valence electrons. The zero-order chi connectivity index (χ0) is 15.0. The van der Waals surface area contributed by atoms with E-state index in [9.17, 15) is 4.79 Å². The van der Waals surface area contributed by atoms with Crippen molar-refractivity contribution in [2.45, 2.75) is 51.7 Å². The van der Waals surface area contributed by atoms with Gasteiger partial charge in [0.1, 0.15) is 0 Å². The molecule has 0 aliphatic rings. The molecule has 0 aliphatic carbocycles. The van der Waals surface area contributed by atoms with Crippen LogP contribution in [0.15, 0.2) is 24.3 Å². The second-order valence-electron chi connectivity index (χ2n) is 6.14. The molecular weight excluding hydrogens is 266 g/mol. The molecule has 0 aliphatic heterocycles. The van der Waals surface area contributed by atoms with Gasteiger partial charge in [0.05, 0.1) is 5.75 Å². The molecule has 1 amide bonds. The number of hydrogen-bond acceptors (Lipinski definition) is 2. The van der Waals surface area contributed by atoms with Gasteiger partial charge < -0.3 is 5.32 Å². The van der Waals surface area contributed by atoms with Gasteiger partial charge in [-0.2, -0.15) is 0 Å². The first-order valence-corrected chi connectivity index (χ1v) is 8.53. The van der Waals surface area contributed by atoms with Gasteiger partial charge in [0.15, 0.2) is 0 Å². The van der Waals surface area contributed by atoms with E-state index in [1.807, 2.05) is 0 Å². The Kier molecular flexibility index (Phi) is 7.14. The molecule has 0 saturated carbocycles. The first-order chi connectivity index (χ1) is 9.43. The smallest absolute Gasteiger partial charge is 0.230 e. The minimum absolute atomic E-state index is 0.148.